The van der Waals surface area contributed by atoms with Crippen LogP contribution in [0.25, 0.3) is 0 Å². The Balaban J connectivity index is 3.21. The van der Waals surface area contributed by atoms with E-state index in [9.17, 15) is 18.0 Å². The second-order valence-corrected chi connectivity index (χ2v) is 2.90. The van der Waals surface area contributed by atoms with E-state index in [-0.39, 0.29) is 5.56 Å². The summed E-state index contributed by atoms with van der Waals surface area (Å²) in [5, 5.41) is 0. The molecule has 0 bridgehead atoms. The number of carbonyl (C=O) groups excluding carboxylic acids is 1. The number of carbonyl (C=O) groups is 1. The Hall–Kier alpha value is -1.52. The Morgan fingerprint density at radius 2 is 2.00 bits per heavy atom. The SMILES string of the molecule is Cc1ccc(C(F)(F)C(N)=O)cc1F. The number of nitrogens with two attached hydrogens (primary N) is 1. The lowest BCUT2D eigenvalue weighted by atomic mass is 10.1. The fourth-order valence-electron chi connectivity index (χ4n) is 0.930. The van der Waals surface area contributed by atoms with Crippen molar-refractivity contribution in [3.63, 3.8) is 0 Å². The molecule has 0 spiro atoms. The van der Waals surface area contributed by atoms with Crippen LogP contribution in [0.15, 0.2) is 18.2 Å². The largest absolute Gasteiger partial charge is 0.364 e. The van der Waals surface area contributed by atoms with Crippen molar-refractivity contribution in [1.82, 2.24) is 0 Å². The van der Waals surface area contributed by atoms with Gasteiger partial charge in [0.05, 0.1) is 0 Å². The van der Waals surface area contributed by atoms with Crippen LogP contribution in [0, 0.1) is 12.7 Å². The average molecular weight is 203 g/mol. The zero-order valence-corrected chi connectivity index (χ0v) is 7.35. The number of amides is 1. The molecule has 0 unspecified atom stereocenters. The first-order valence-electron chi connectivity index (χ1n) is 3.80. The summed E-state index contributed by atoms with van der Waals surface area (Å²) in [6.07, 6.45) is 0. The molecule has 14 heavy (non-hydrogen) atoms. The van der Waals surface area contributed by atoms with Gasteiger partial charge in [0.1, 0.15) is 5.82 Å². The lowest BCUT2D eigenvalue weighted by Gasteiger charge is -2.12. The van der Waals surface area contributed by atoms with Crippen LogP contribution in [-0.4, -0.2) is 5.91 Å². The van der Waals surface area contributed by atoms with Gasteiger partial charge in [-0.2, -0.15) is 8.78 Å². The van der Waals surface area contributed by atoms with Gasteiger partial charge >= 0.3 is 5.92 Å². The van der Waals surface area contributed by atoms with Crippen molar-refractivity contribution in [3.8, 4) is 0 Å². The van der Waals surface area contributed by atoms with Crippen molar-refractivity contribution >= 4 is 5.91 Å². The summed E-state index contributed by atoms with van der Waals surface area (Å²) >= 11 is 0. The maximum absolute atomic E-state index is 12.9. The maximum atomic E-state index is 12.9. The van der Waals surface area contributed by atoms with E-state index in [1.165, 1.54) is 13.0 Å². The minimum atomic E-state index is -3.82. The van der Waals surface area contributed by atoms with Gasteiger partial charge in [0.25, 0.3) is 5.91 Å². The molecule has 0 radical (unpaired) electrons. The third-order valence-electron chi connectivity index (χ3n) is 1.84. The summed E-state index contributed by atoms with van der Waals surface area (Å²) < 4.78 is 38.8. The number of benzene rings is 1. The smallest absolute Gasteiger partial charge is 0.349 e. The fourth-order valence-corrected chi connectivity index (χ4v) is 0.930. The van der Waals surface area contributed by atoms with E-state index >= 15 is 0 Å². The monoisotopic (exact) mass is 203 g/mol. The molecule has 2 N–H and O–H groups in total. The van der Waals surface area contributed by atoms with Crippen molar-refractivity contribution in [2.75, 3.05) is 0 Å². The van der Waals surface area contributed by atoms with Crippen molar-refractivity contribution in [2.24, 2.45) is 5.73 Å². The highest BCUT2D eigenvalue weighted by Crippen LogP contribution is 2.28. The Bertz CT molecular complexity index is 376. The standard InChI is InChI=1S/C9H8F3NO/c1-5-2-3-6(4-7(5)10)9(11,12)8(13)14/h2-4H,1H3,(H2,13,14). The molecule has 0 heterocycles. The highest BCUT2D eigenvalue weighted by atomic mass is 19.3. The summed E-state index contributed by atoms with van der Waals surface area (Å²) in [5.74, 6) is -6.40. The van der Waals surface area contributed by atoms with Crippen LogP contribution in [0.5, 0.6) is 0 Å². The van der Waals surface area contributed by atoms with E-state index in [4.69, 9.17) is 0 Å². The molecule has 76 valence electrons. The van der Waals surface area contributed by atoms with Crippen molar-refractivity contribution in [1.29, 1.82) is 0 Å². The maximum Gasteiger partial charge on any atom is 0.349 e. The summed E-state index contributed by atoms with van der Waals surface area (Å²) in [4.78, 5) is 10.4. The minimum Gasteiger partial charge on any atom is -0.364 e. The van der Waals surface area contributed by atoms with Gasteiger partial charge in [0, 0.05) is 5.56 Å². The molecule has 1 amide bonds. The zero-order chi connectivity index (χ0) is 10.9. The number of primary amides is 1. The fraction of sp³-hybridized carbons (Fsp3) is 0.222. The van der Waals surface area contributed by atoms with Crippen molar-refractivity contribution < 1.29 is 18.0 Å². The molecule has 0 aromatic heterocycles. The number of aryl methyl sites for hydroxylation is 1. The topological polar surface area (TPSA) is 43.1 Å². The van der Waals surface area contributed by atoms with Gasteiger partial charge in [-0.05, 0) is 18.6 Å². The molecule has 0 saturated heterocycles. The Labute approximate surface area is 78.5 Å². The second-order valence-electron chi connectivity index (χ2n) is 2.90. The molecule has 0 aliphatic rings. The van der Waals surface area contributed by atoms with Crippen LogP contribution in [0.4, 0.5) is 13.2 Å². The molecule has 2 nitrogen and oxygen atoms in total. The molecule has 0 aliphatic carbocycles. The highest BCUT2D eigenvalue weighted by molar-refractivity contribution is 5.83. The minimum absolute atomic E-state index is 0.231. The van der Waals surface area contributed by atoms with Gasteiger partial charge < -0.3 is 5.73 Å². The van der Waals surface area contributed by atoms with Gasteiger partial charge in [0.15, 0.2) is 0 Å². The number of hydrogen-bond acceptors (Lipinski definition) is 1. The van der Waals surface area contributed by atoms with E-state index < -0.39 is 23.2 Å². The van der Waals surface area contributed by atoms with Crippen molar-refractivity contribution in [2.45, 2.75) is 12.8 Å². The van der Waals surface area contributed by atoms with Gasteiger partial charge in [-0.1, -0.05) is 12.1 Å². The number of rotatable bonds is 2. The summed E-state index contributed by atoms with van der Waals surface area (Å²) in [7, 11) is 0. The van der Waals surface area contributed by atoms with Crippen LogP contribution < -0.4 is 5.73 Å². The molecular formula is C9H8F3NO. The number of hydrogen-bond donors (Lipinski definition) is 1. The first kappa shape index (κ1) is 10.6. The van der Waals surface area contributed by atoms with Gasteiger partial charge in [-0.3, -0.25) is 4.79 Å². The van der Waals surface area contributed by atoms with Crippen LogP contribution in [-0.2, 0) is 10.7 Å². The predicted molar refractivity (Wildman–Crippen MR) is 44.2 cm³/mol. The van der Waals surface area contributed by atoms with Crippen LogP contribution >= 0.6 is 0 Å². The first-order chi connectivity index (χ1) is 6.35. The summed E-state index contributed by atoms with van der Waals surface area (Å²) in [6.45, 7) is 1.43. The molecule has 5 heteroatoms. The van der Waals surface area contributed by atoms with E-state index in [1.807, 2.05) is 0 Å². The Kier molecular flexibility index (Phi) is 2.51. The molecule has 1 aromatic carbocycles. The van der Waals surface area contributed by atoms with Crippen LogP contribution in [0.2, 0.25) is 0 Å². The molecule has 0 atom stereocenters. The molecule has 0 aliphatic heterocycles. The molecule has 1 rings (SSSR count). The van der Waals surface area contributed by atoms with Crippen molar-refractivity contribution in [3.05, 3.63) is 35.1 Å². The number of halogens is 3. The Morgan fingerprint density at radius 3 is 2.43 bits per heavy atom. The lowest BCUT2D eigenvalue weighted by molar-refractivity contribution is -0.143. The molecule has 0 fully saturated rings. The van der Waals surface area contributed by atoms with Gasteiger partial charge in [-0.15, -0.1) is 0 Å². The molecule has 0 saturated carbocycles. The number of alkyl halides is 2. The highest BCUT2D eigenvalue weighted by Gasteiger charge is 2.39. The average Bonchev–Trinajstić information content (AvgIpc) is 2.09. The quantitative estimate of drug-likeness (QED) is 0.781. The van der Waals surface area contributed by atoms with E-state index in [2.05, 4.69) is 5.73 Å². The summed E-state index contributed by atoms with van der Waals surface area (Å²) in [5.41, 5.74) is 3.98. The lowest BCUT2D eigenvalue weighted by Crippen LogP contribution is -2.33. The first-order valence-corrected chi connectivity index (χ1v) is 3.80. The normalized spacial score (nSPS) is 11.4. The van der Waals surface area contributed by atoms with Gasteiger partial charge in [0.2, 0.25) is 0 Å². The third kappa shape index (κ3) is 1.71. The van der Waals surface area contributed by atoms with E-state index in [1.54, 1.807) is 0 Å². The van der Waals surface area contributed by atoms with Crippen LogP contribution in [0.3, 0.4) is 0 Å². The summed E-state index contributed by atoms with van der Waals surface area (Å²) in [6, 6.07) is 2.75. The van der Waals surface area contributed by atoms with Crippen LogP contribution in [0.1, 0.15) is 11.1 Å². The third-order valence-corrected chi connectivity index (χ3v) is 1.84. The zero-order valence-electron chi connectivity index (χ0n) is 7.35. The van der Waals surface area contributed by atoms with E-state index in [0.717, 1.165) is 6.07 Å². The van der Waals surface area contributed by atoms with E-state index in [0.29, 0.717) is 6.07 Å². The van der Waals surface area contributed by atoms with Gasteiger partial charge in [-0.25, -0.2) is 4.39 Å². The second kappa shape index (κ2) is 3.32. The molecular weight excluding hydrogens is 195 g/mol. The molecule has 1 aromatic rings. The Morgan fingerprint density at radius 1 is 1.43 bits per heavy atom. The predicted octanol–water partition coefficient (Wildman–Crippen LogP) is 1.71.